The van der Waals surface area contributed by atoms with Crippen molar-refractivity contribution in [2.24, 2.45) is 0 Å². The SMILES string of the molecule is C[C@@H](NC(=O)COC(=O)COc1ccccc1)c1cccc(Cl)c1. The lowest BCUT2D eigenvalue weighted by Crippen LogP contribution is -2.31. The summed E-state index contributed by atoms with van der Waals surface area (Å²) in [7, 11) is 0. The first-order valence-electron chi connectivity index (χ1n) is 7.43. The summed E-state index contributed by atoms with van der Waals surface area (Å²) in [5, 5.41) is 3.33. The predicted molar refractivity (Wildman–Crippen MR) is 90.9 cm³/mol. The number of benzene rings is 2. The van der Waals surface area contributed by atoms with Crippen molar-refractivity contribution in [3.05, 3.63) is 65.2 Å². The monoisotopic (exact) mass is 347 g/mol. The summed E-state index contributed by atoms with van der Waals surface area (Å²) in [6.07, 6.45) is 0. The van der Waals surface area contributed by atoms with Crippen LogP contribution in [0.25, 0.3) is 0 Å². The fraction of sp³-hybridized carbons (Fsp3) is 0.222. The zero-order valence-electron chi connectivity index (χ0n) is 13.2. The van der Waals surface area contributed by atoms with Gasteiger partial charge >= 0.3 is 5.97 Å². The fourth-order valence-electron chi connectivity index (χ4n) is 1.99. The first-order chi connectivity index (χ1) is 11.5. The smallest absolute Gasteiger partial charge is 0.344 e. The topological polar surface area (TPSA) is 64.6 Å². The second-order valence-corrected chi connectivity index (χ2v) is 5.54. The highest BCUT2D eigenvalue weighted by Crippen LogP contribution is 2.17. The van der Waals surface area contributed by atoms with Gasteiger partial charge in [0.2, 0.25) is 0 Å². The van der Waals surface area contributed by atoms with Gasteiger partial charge in [-0.2, -0.15) is 0 Å². The van der Waals surface area contributed by atoms with E-state index in [2.05, 4.69) is 5.32 Å². The lowest BCUT2D eigenvalue weighted by atomic mass is 10.1. The van der Waals surface area contributed by atoms with Gasteiger partial charge < -0.3 is 14.8 Å². The van der Waals surface area contributed by atoms with Gasteiger partial charge in [-0.3, -0.25) is 4.79 Å². The van der Waals surface area contributed by atoms with Crippen LogP contribution in [0.4, 0.5) is 0 Å². The Morgan fingerprint density at radius 3 is 2.54 bits per heavy atom. The summed E-state index contributed by atoms with van der Waals surface area (Å²) in [4.78, 5) is 23.4. The third-order valence-corrected chi connectivity index (χ3v) is 3.43. The third kappa shape index (κ3) is 5.93. The van der Waals surface area contributed by atoms with Gasteiger partial charge in [0, 0.05) is 5.02 Å². The number of nitrogens with one attached hydrogen (secondary N) is 1. The molecule has 1 amide bonds. The molecule has 1 atom stereocenters. The van der Waals surface area contributed by atoms with E-state index in [9.17, 15) is 9.59 Å². The molecule has 0 aliphatic heterocycles. The highest BCUT2D eigenvalue weighted by molar-refractivity contribution is 6.30. The Hall–Kier alpha value is -2.53. The van der Waals surface area contributed by atoms with Crippen LogP contribution < -0.4 is 10.1 Å². The van der Waals surface area contributed by atoms with E-state index in [-0.39, 0.29) is 19.3 Å². The minimum Gasteiger partial charge on any atom is -0.482 e. The number of rotatable bonds is 7. The zero-order chi connectivity index (χ0) is 17.4. The van der Waals surface area contributed by atoms with Gasteiger partial charge in [-0.05, 0) is 36.8 Å². The number of esters is 1. The van der Waals surface area contributed by atoms with Gasteiger partial charge in [-0.25, -0.2) is 4.79 Å². The molecule has 5 nitrogen and oxygen atoms in total. The Morgan fingerprint density at radius 1 is 1.08 bits per heavy atom. The van der Waals surface area contributed by atoms with Crippen LogP contribution in [-0.4, -0.2) is 25.1 Å². The van der Waals surface area contributed by atoms with Gasteiger partial charge in [-0.1, -0.05) is 41.9 Å². The molecule has 2 rings (SSSR count). The standard InChI is InChI=1S/C18H18ClNO4/c1-13(14-6-5-7-15(19)10-14)20-17(21)11-24-18(22)12-23-16-8-3-2-4-9-16/h2-10,13H,11-12H2,1H3,(H,20,21)/t13-/m1/s1. The van der Waals surface area contributed by atoms with Crippen molar-refractivity contribution < 1.29 is 19.1 Å². The van der Waals surface area contributed by atoms with Crippen LogP contribution in [0, 0.1) is 0 Å². The van der Waals surface area contributed by atoms with E-state index in [4.69, 9.17) is 21.1 Å². The Balaban J connectivity index is 1.71. The second-order valence-electron chi connectivity index (χ2n) is 5.11. The van der Waals surface area contributed by atoms with Crippen LogP contribution in [0.3, 0.4) is 0 Å². The lowest BCUT2D eigenvalue weighted by molar-refractivity contribution is -0.150. The van der Waals surface area contributed by atoms with E-state index in [0.717, 1.165) is 5.56 Å². The summed E-state index contributed by atoms with van der Waals surface area (Å²) < 4.78 is 10.1. The van der Waals surface area contributed by atoms with Gasteiger partial charge in [0.1, 0.15) is 5.75 Å². The van der Waals surface area contributed by atoms with E-state index < -0.39 is 11.9 Å². The minimum atomic E-state index is -0.607. The van der Waals surface area contributed by atoms with E-state index in [1.54, 1.807) is 42.5 Å². The van der Waals surface area contributed by atoms with Crippen molar-refractivity contribution in [2.45, 2.75) is 13.0 Å². The number of ether oxygens (including phenoxy) is 2. The molecule has 0 bridgehead atoms. The number of hydrogen-bond donors (Lipinski definition) is 1. The number of carbonyl (C=O) groups is 2. The molecule has 126 valence electrons. The first kappa shape index (κ1) is 17.8. The Bertz CT molecular complexity index is 690. The van der Waals surface area contributed by atoms with E-state index >= 15 is 0 Å². The molecule has 0 unspecified atom stereocenters. The number of amides is 1. The van der Waals surface area contributed by atoms with Crippen molar-refractivity contribution in [1.29, 1.82) is 0 Å². The Kier molecular flexibility index (Phi) is 6.63. The van der Waals surface area contributed by atoms with Gasteiger partial charge in [0.15, 0.2) is 13.2 Å². The molecule has 1 N–H and O–H groups in total. The largest absolute Gasteiger partial charge is 0.482 e. The van der Waals surface area contributed by atoms with Crippen LogP contribution >= 0.6 is 11.6 Å². The van der Waals surface area contributed by atoms with Crippen LogP contribution in [0.1, 0.15) is 18.5 Å². The van der Waals surface area contributed by atoms with E-state index in [0.29, 0.717) is 10.8 Å². The molecule has 2 aromatic rings. The average molecular weight is 348 g/mol. The first-order valence-corrected chi connectivity index (χ1v) is 7.80. The summed E-state index contributed by atoms with van der Waals surface area (Å²) in [5.74, 6) is -0.437. The Morgan fingerprint density at radius 2 is 1.83 bits per heavy atom. The maximum atomic E-state index is 11.8. The van der Waals surface area contributed by atoms with Crippen molar-refractivity contribution in [3.8, 4) is 5.75 Å². The molecule has 0 aromatic heterocycles. The normalized spacial score (nSPS) is 11.4. The maximum Gasteiger partial charge on any atom is 0.344 e. The van der Waals surface area contributed by atoms with Crippen LogP contribution in [-0.2, 0) is 14.3 Å². The molecule has 6 heteroatoms. The summed E-state index contributed by atoms with van der Waals surface area (Å²) in [5.41, 5.74) is 0.870. The molecular formula is C18H18ClNO4. The molecule has 24 heavy (non-hydrogen) atoms. The van der Waals surface area contributed by atoms with E-state index in [1.165, 1.54) is 0 Å². The summed E-state index contributed by atoms with van der Waals surface area (Å²) in [6, 6.07) is 15.8. The van der Waals surface area contributed by atoms with Crippen molar-refractivity contribution >= 4 is 23.5 Å². The van der Waals surface area contributed by atoms with Crippen LogP contribution in [0.15, 0.2) is 54.6 Å². The molecule has 0 spiro atoms. The molecule has 0 aliphatic carbocycles. The highest BCUT2D eigenvalue weighted by atomic mass is 35.5. The van der Waals surface area contributed by atoms with Crippen molar-refractivity contribution in [1.82, 2.24) is 5.32 Å². The fourth-order valence-corrected chi connectivity index (χ4v) is 2.19. The zero-order valence-corrected chi connectivity index (χ0v) is 14.0. The quantitative estimate of drug-likeness (QED) is 0.781. The number of halogens is 1. The molecule has 0 radical (unpaired) electrons. The van der Waals surface area contributed by atoms with Crippen molar-refractivity contribution in [3.63, 3.8) is 0 Å². The molecule has 0 heterocycles. The molecular weight excluding hydrogens is 330 g/mol. The number of hydrogen-bond acceptors (Lipinski definition) is 4. The maximum absolute atomic E-state index is 11.8. The van der Waals surface area contributed by atoms with E-state index in [1.807, 2.05) is 19.1 Å². The average Bonchev–Trinajstić information content (AvgIpc) is 2.59. The second kappa shape index (κ2) is 8.93. The van der Waals surface area contributed by atoms with Crippen molar-refractivity contribution in [2.75, 3.05) is 13.2 Å². The highest BCUT2D eigenvalue weighted by Gasteiger charge is 2.12. The minimum absolute atomic E-state index is 0.240. The molecule has 0 aliphatic rings. The van der Waals surface area contributed by atoms with Gasteiger partial charge in [0.05, 0.1) is 6.04 Å². The Labute approximate surface area is 145 Å². The van der Waals surface area contributed by atoms with Crippen LogP contribution in [0.2, 0.25) is 5.02 Å². The van der Waals surface area contributed by atoms with Crippen LogP contribution in [0.5, 0.6) is 5.75 Å². The van der Waals surface area contributed by atoms with Gasteiger partial charge in [-0.15, -0.1) is 0 Å². The summed E-state index contributed by atoms with van der Waals surface area (Å²) >= 11 is 5.92. The predicted octanol–water partition coefficient (Wildman–Crippen LogP) is 3.14. The number of carbonyl (C=O) groups excluding carboxylic acids is 2. The summed E-state index contributed by atoms with van der Waals surface area (Å²) in [6.45, 7) is 1.22. The third-order valence-electron chi connectivity index (χ3n) is 3.19. The molecule has 0 saturated heterocycles. The molecule has 0 fully saturated rings. The molecule has 2 aromatic carbocycles. The number of para-hydroxylation sites is 1. The lowest BCUT2D eigenvalue weighted by Gasteiger charge is -2.14. The molecule has 0 saturated carbocycles. The van der Waals surface area contributed by atoms with Gasteiger partial charge in [0.25, 0.3) is 5.91 Å².